The Kier molecular flexibility index (Phi) is 3.44. The number of rotatable bonds is 2. The molecule has 2 amide bonds. The Labute approximate surface area is 81.5 Å². The molecular weight excluding hydrogens is 186 g/mol. The Bertz CT molecular complexity index is 275. The highest BCUT2D eigenvalue weighted by Gasteiger charge is 2.30. The second-order valence-corrected chi connectivity index (χ2v) is 3.05. The summed E-state index contributed by atoms with van der Waals surface area (Å²) in [6.07, 6.45) is 2.28. The first-order chi connectivity index (χ1) is 6.65. The fraction of sp³-hybridized carbons (Fsp3) is 0.625. The van der Waals surface area contributed by atoms with Gasteiger partial charge in [0.1, 0.15) is 0 Å². The highest BCUT2D eigenvalue weighted by atomic mass is 16.5. The van der Waals surface area contributed by atoms with Gasteiger partial charge in [0.2, 0.25) is 0 Å². The summed E-state index contributed by atoms with van der Waals surface area (Å²) < 4.78 is 4.61. The third kappa shape index (κ3) is 2.45. The molecule has 1 saturated carbocycles. The first kappa shape index (κ1) is 10.5. The first-order valence-electron chi connectivity index (χ1n) is 4.35. The minimum absolute atomic E-state index is 0.312. The van der Waals surface area contributed by atoms with Gasteiger partial charge < -0.3 is 10.5 Å². The lowest BCUT2D eigenvalue weighted by Gasteiger charge is -2.07. The topological polar surface area (TPSA) is 93.8 Å². The number of hydrazone groups is 1. The van der Waals surface area contributed by atoms with Crippen molar-refractivity contribution in [1.82, 2.24) is 5.43 Å². The summed E-state index contributed by atoms with van der Waals surface area (Å²) in [6, 6.07) is -0.729. The van der Waals surface area contributed by atoms with Crippen molar-refractivity contribution in [2.45, 2.75) is 19.3 Å². The average molecular weight is 199 g/mol. The molecule has 1 atom stereocenters. The number of methoxy groups -OCH3 is 1. The fourth-order valence-electron chi connectivity index (χ4n) is 1.49. The van der Waals surface area contributed by atoms with Crippen molar-refractivity contribution >= 4 is 17.7 Å². The summed E-state index contributed by atoms with van der Waals surface area (Å²) in [7, 11) is 1.33. The average Bonchev–Trinajstić information content (AvgIpc) is 2.61. The molecule has 0 bridgehead atoms. The van der Waals surface area contributed by atoms with E-state index >= 15 is 0 Å². The normalized spacial score (nSPS) is 23.5. The number of amides is 2. The summed E-state index contributed by atoms with van der Waals surface area (Å²) in [4.78, 5) is 21.6. The summed E-state index contributed by atoms with van der Waals surface area (Å²) in [6.45, 7) is 0. The number of ether oxygens (including phenoxy) is 1. The van der Waals surface area contributed by atoms with Crippen LogP contribution in [0.15, 0.2) is 5.10 Å². The molecule has 0 aromatic heterocycles. The molecule has 0 saturated heterocycles. The smallest absolute Gasteiger partial charge is 0.332 e. The van der Waals surface area contributed by atoms with Gasteiger partial charge in [-0.1, -0.05) is 0 Å². The number of urea groups is 1. The van der Waals surface area contributed by atoms with Crippen LogP contribution in [0, 0.1) is 5.92 Å². The maximum Gasteiger partial charge on any atom is 0.332 e. The van der Waals surface area contributed by atoms with E-state index in [1.165, 1.54) is 7.11 Å². The predicted molar refractivity (Wildman–Crippen MR) is 49.5 cm³/mol. The summed E-state index contributed by atoms with van der Waals surface area (Å²) in [5, 5.41) is 3.76. The SMILES string of the molecule is COC(=O)C1CCC/C1=N/NC(N)=O. The number of carbonyl (C=O) groups is 2. The molecule has 0 aliphatic heterocycles. The predicted octanol–water partition coefficient (Wildman–Crippen LogP) is -0.0162. The summed E-state index contributed by atoms with van der Waals surface area (Å²) in [5.74, 6) is -0.639. The van der Waals surface area contributed by atoms with Crippen molar-refractivity contribution in [2.24, 2.45) is 16.8 Å². The number of hydrogen-bond acceptors (Lipinski definition) is 4. The van der Waals surface area contributed by atoms with E-state index in [2.05, 4.69) is 15.3 Å². The van der Waals surface area contributed by atoms with Gasteiger partial charge in [-0.2, -0.15) is 5.10 Å². The minimum atomic E-state index is -0.729. The van der Waals surface area contributed by atoms with E-state index in [1.54, 1.807) is 0 Å². The maximum absolute atomic E-state index is 11.2. The number of nitrogens with zero attached hydrogens (tertiary/aromatic N) is 1. The van der Waals surface area contributed by atoms with Gasteiger partial charge in [0.15, 0.2) is 0 Å². The highest BCUT2D eigenvalue weighted by molar-refractivity contribution is 6.03. The molecule has 0 aromatic rings. The molecule has 0 heterocycles. The van der Waals surface area contributed by atoms with Crippen LogP contribution in [0.4, 0.5) is 4.79 Å². The maximum atomic E-state index is 11.2. The monoisotopic (exact) mass is 199 g/mol. The standard InChI is InChI=1S/C8H13N3O3/c1-14-7(12)5-3-2-4-6(5)10-11-8(9)13/h5H,2-4H2,1H3,(H3,9,11,13)/b10-6-. The zero-order valence-electron chi connectivity index (χ0n) is 7.95. The van der Waals surface area contributed by atoms with Crippen LogP contribution >= 0.6 is 0 Å². The second kappa shape index (κ2) is 4.59. The van der Waals surface area contributed by atoms with Crippen molar-refractivity contribution in [1.29, 1.82) is 0 Å². The van der Waals surface area contributed by atoms with Crippen LogP contribution in [0.25, 0.3) is 0 Å². The van der Waals surface area contributed by atoms with Crippen LogP contribution in [-0.2, 0) is 9.53 Å². The molecule has 6 heteroatoms. The lowest BCUT2D eigenvalue weighted by atomic mass is 10.1. The van der Waals surface area contributed by atoms with E-state index in [1.807, 2.05) is 0 Å². The molecule has 6 nitrogen and oxygen atoms in total. The fourth-order valence-corrected chi connectivity index (χ4v) is 1.49. The largest absolute Gasteiger partial charge is 0.469 e. The molecule has 1 fully saturated rings. The van der Waals surface area contributed by atoms with Crippen LogP contribution in [0.1, 0.15) is 19.3 Å². The molecule has 78 valence electrons. The van der Waals surface area contributed by atoms with E-state index in [-0.39, 0.29) is 11.9 Å². The summed E-state index contributed by atoms with van der Waals surface area (Å²) in [5.41, 5.74) is 7.60. The number of carbonyl (C=O) groups excluding carboxylic acids is 2. The van der Waals surface area contributed by atoms with Crippen molar-refractivity contribution in [3.05, 3.63) is 0 Å². The molecule has 3 N–H and O–H groups in total. The van der Waals surface area contributed by atoms with Crippen molar-refractivity contribution in [3.63, 3.8) is 0 Å². The minimum Gasteiger partial charge on any atom is -0.469 e. The second-order valence-electron chi connectivity index (χ2n) is 3.05. The Morgan fingerprint density at radius 3 is 2.93 bits per heavy atom. The number of primary amides is 1. The lowest BCUT2D eigenvalue weighted by Crippen LogP contribution is -2.28. The molecule has 1 unspecified atom stereocenters. The summed E-state index contributed by atoms with van der Waals surface area (Å²) >= 11 is 0. The van der Waals surface area contributed by atoms with E-state index < -0.39 is 6.03 Å². The van der Waals surface area contributed by atoms with Crippen LogP contribution in [-0.4, -0.2) is 24.8 Å². The van der Waals surface area contributed by atoms with Gasteiger partial charge in [-0.25, -0.2) is 10.2 Å². The van der Waals surface area contributed by atoms with Crippen LogP contribution in [0.2, 0.25) is 0 Å². The third-order valence-electron chi connectivity index (χ3n) is 2.12. The van der Waals surface area contributed by atoms with Gasteiger partial charge in [0, 0.05) is 0 Å². The molecule has 1 rings (SSSR count). The van der Waals surface area contributed by atoms with E-state index in [4.69, 9.17) is 5.73 Å². The molecule has 0 aromatic carbocycles. The number of hydrogen-bond donors (Lipinski definition) is 2. The van der Waals surface area contributed by atoms with Crippen LogP contribution in [0.5, 0.6) is 0 Å². The van der Waals surface area contributed by atoms with Gasteiger partial charge in [-0.3, -0.25) is 4.79 Å². The van der Waals surface area contributed by atoms with E-state index in [0.29, 0.717) is 18.6 Å². The van der Waals surface area contributed by atoms with Crippen LogP contribution in [0.3, 0.4) is 0 Å². The third-order valence-corrected chi connectivity index (χ3v) is 2.12. The zero-order valence-corrected chi connectivity index (χ0v) is 7.95. The Morgan fingerprint density at radius 2 is 2.36 bits per heavy atom. The van der Waals surface area contributed by atoms with Gasteiger partial charge in [-0.15, -0.1) is 0 Å². The number of nitrogens with two attached hydrogens (primary N) is 1. The molecule has 0 spiro atoms. The van der Waals surface area contributed by atoms with Gasteiger partial charge in [0.25, 0.3) is 0 Å². The highest BCUT2D eigenvalue weighted by Crippen LogP contribution is 2.23. The quantitative estimate of drug-likeness (QED) is 0.483. The van der Waals surface area contributed by atoms with Crippen molar-refractivity contribution < 1.29 is 14.3 Å². The number of esters is 1. The van der Waals surface area contributed by atoms with Gasteiger partial charge in [0.05, 0.1) is 18.7 Å². The lowest BCUT2D eigenvalue weighted by molar-refractivity contribution is -0.142. The first-order valence-corrected chi connectivity index (χ1v) is 4.35. The zero-order chi connectivity index (χ0) is 10.6. The van der Waals surface area contributed by atoms with Crippen molar-refractivity contribution in [2.75, 3.05) is 7.11 Å². The molecular formula is C8H13N3O3. The van der Waals surface area contributed by atoms with Crippen molar-refractivity contribution in [3.8, 4) is 0 Å². The molecule has 14 heavy (non-hydrogen) atoms. The van der Waals surface area contributed by atoms with Gasteiger partial charge in [-0.05, 0) is 19.3 Å². The Balaban J connectivity index is 2.63. The van der Waals surface area contributed by atoms with E-state index in [9.17, 15) is 9.59 Å². The van der Waals surface area contributed by atoms with Gasteiger partial charge >= 0.3 is 12.0 Å². The molecule has 1 aliphatic rings. The Morgan fingerprint density at radius 1 is 1.64 bits per heavy atom. The van der Waals surface area contributed by atoms with E-state index in [0.717, 1.165) is 6.42 Å². The van der Waals surface area contributed by atoms with Crippen LogP contribution < -0.4 is 11.2 Å². The number of nitrogens with one attached hydrogen (secondary N) is 1. The molecule has 0 radical (unpaired) electrons. The molecule has 1 aliphatic carbocycles. The Hall–Kier alpha value is -1.59.